The van der Waals surface area contributed by atoms with Gasteiger partial charge in [0.25, 0.3) is 0 Å². The third-order valence-electron chi connectivity index (χ3n) is 2.74. The summed E-state index contributed by atoms with van der Waals surface area (Å²) in [5, 5.41) is 0. The summed E-state index contributed by atoms with van der Waals surface area (Å²) in [6, 6.07) is 13.8. The predicted octanol–water partition coefficient (Wildman–Crippen LogP) is 4.52. The molecule has 100 valence electrons. The van der Waals surface area contributed by atoms with Crippen molar-refractivity contribution in [2.24, 2.45) is 4.99 Å². The van der Waals surface area contributed by atoms with Crippen LogP contribution in [0.4, 0.5) is 5.69 Å². The fourth-order valence-electron chi connectivity index (χ4n) is 1.69. The average Bonchev–Trinajstić information content (AvgIpc) is 2.45. The molecule has 0 bridgehead atoms. The molecule has 0 atom stereocenters. The molecule has 0 aliphatic heterocycles. The van der Waals surface area contributed by atoms with Gasteiger partial charge in [-0.3, -0.25) is 4.99 Å². The van der Waals surface area contributed by atoms with Gasteiger partial charge in [0.1, 0.15) is 12.4 Å². The zero-order chi connectivity index (χ0) is 14.4. The van der Waals surface area contributed by atoms with Gasteiger partial charge in [-0.25, -0.2) is 0 Å². The van der Waals surface area contributed by atoms with Crippen molar-refractivity contribution < 1.29 is 4.74 Å². The van der Waals surface area contributed by atoms with E-state index in [1.807, 2.05) is 55.6 Å². The lowest BCUT2D eigenvalue weighted by atomic mass is 10.2. The van der Waals surface area contributed by atoms with Crippen molar-refractivity contribution in [2.45, 2.75) is 6.92 Å². The number of benzene rings is 2. The van der Waals surface area contributed by atoms with Gasteiger partial charge in [0.05, 0.1) is 10.2 Å². The molecule has 2 nitrogen and oxygen atoms in total. The van der Waals surface area contributed by atoms with Gasteiger partial charge >= 0.3 is 0 Å². The van der Waals surface area contributed by atoms with E-state index >= 15 is 0 Å². The quantitative estimate of drug-likeness (QED) is 0.597. The van der Waals surface area contributed by atoms with E-state index in [9.17, 15) is 0 Å². The lowest BCUT2D eigenvalue weighted by Gasteiger charge is -2.05. The molecule has 0 N–H and O–H groups in total. The van der Waals surface area contributed by atoms with E-state index in [2.05, 4.69) is 26.8 Å². The Labute approximate surface area is 127 Å². The maximum atomic E-state index is 5.40. The smallest absolute Gasteiger partial charge is 0.148 e. The van der Waals surface area contributed by atoms with Gasteiger partial charge in [-0.2, -0.15) is 0 Å². The monoisotopic (exact) mass is 327 g/mol. The van der Waals surface area contributed by atoms with Crippen LogP contribution in [0.15, 0.2) is 51.9 Å². The molecule has 2 aromatic rings. The highest BCUT2D eigenvalue weighted by atomic mass is 79.9. The first-order valence-electron chi connectivity index (χ1n) is 6.16. The van der Waals surface area contributed by atoms with Crippen LogP contribution < -0.4 is 4.74 Å². The minimum Gasteiger partial charge on any atom is -0.480 e. The number of halogens is 1. The molecule has 20 heavy (non-hydrogen) atoms. The number of para-hydroxylation sites is 1. The Balaban J connectivity index is 2.17. The molecule has 0 unspecified atom stereocenters. The van der Waals surface area contributed by atoms with Crippen LogP contribution in [0.3, 0.4) is 0 Å². The van der Waals surface area contributed by atoms with E-state index in [1.165, 1.54) is 0 Å². The highest BCUT2D eigenvalue weighted by Crippen LogP contribution is 2.26. The third-order valence-corrected chi connectivity index (χ3v) is 3.35. The van der Waals surface area contributed by atoms with E-state index in [1.54, 1.807) is 0 Å². The highest BCUT2D eigenvalue weighted by Gasteiger charge is 2.01. The van der Waals surface area contributed by atoms with Gasteiger partial charge in [0.2, 0.25) is 0 Å². The number of rotatable bonds is 4. The lowest BCUT2D eigenvalue weighted by molar-refractivity contribution is 0.368. The molecule has 0 heterocycles. The zero-order valence-electron chi connectivity index (χ0n) is 11.1. The maximum Gasteiger partial charge on any atom is 0.148 e. The SMILES string of the molecule is C#CCOc1ccc(C=Nc2ccccc2C)cc1Br. The van der Waals surface area contributed by atoms with Crippen molar-refractivity contribution in [3.05, 3.63) is 58.1 Å². The van der Waals surface area contributed by atoms with Gasteiger partial charge in [-0.1, -0.05) is 24.1 Å². The minimum absolute atomic E-state index is 0.259. The average molecular weight is 328 g/mol. The summed E-state index contributed by atoms with van der Waals surface area (Å²) in [5.74, 6) is 3.17. The van der Waals surface area contributed by atoms with Gasteiger partial charge in [0.15, 0.2) is 0 Å². The molecule has 0 aliphatic rings. The summed E-state index contributed by atoms with van der Waals surface area (Å²) in [6.45, 7) is 2.30. The van der Waals surface area contributed by atoms with E-state index in [4.69, 9.17) is 11.2 Å². The molecule has 0 amide bonds. The predicted molar refractivity (Wildman–Crippen MR) is 86.9 cm³/mol. The normalized spacial score (nSPS) is 10.4. The van der Waals surface area contributed by atoms with E-state index < -0.39 is 0 Å². The lowest BCUT2D eigenvalue weighted by Crippen LogP contribution is -1.94. The van der Waals surface area contributed by atoms with Gasteiger partial charge in [0, 0.05) is 6.21 Å². The minimum atomic E-state index is 0.259. The first-order chi connectivity index (χ1) is 9.70. The Morgan fingerprint density at radius 2 is 2.10 bits per heavy atom. The maximum absolute atomic E-state index is 5.40. The van der Waals surface area contributed by atoms with Crippen LogP contribution in [0.5, 0.6) is 5.75 Å². The topological polar surface area (TPSA) is 21.6 Å². The third kappa shape index (κ3) is 3.72. The van der Waals surface area contributed by atoms with Crippen molar-refractivity contribution in [2.75, 3.05) is 6.61 Å². The molecule has 0 fully saturated rings. The number of nitrogens with zero attached hydrogens (tertiary/aromatic N) is 1. The van der Waals surface area contributed by atoms with Crippen molar-refractivity contribution in [1.82, 2.24) is 0 Å². The van der Waals surface area contributed by atoms with Crippen molar-refractivity contribution >= 4 is 27.8 Å². The molecular formula is C17H14BrNO. The zero-order valence-corrected chi connectivity index (χ0v) is 12.7. The van der Waals surface area contributed by atoms with Crippen molar-refractivity contribution in [3.8, 4) is 18.1 Å². The van der Waals surface area contributed by atoms with Crippen LogP contribution in [0.25, 0.3) is 0 Å². The standard InChI is InChI=1S/C17H14BrNO/c1-3-10-20-17-9-8-14(11-15(17)18)12-19-16-7-5-4-6-13(16)2/h1,4-9,11-12H,10H2,2H3. The Morgan fingerprint density at radius 3 is 2.80 bits per heavy atom. The summed E-state index contributed by atoms with van der Waals surface area (Å²) in [4.78, 5) is 4.49. The number of ether oxygens (including phenoxy) is 1. The Bertz CT molecular complexity index is 671. The summed E-state index contributed by atoms with van der Waals surface area (Å²) in [5.41, 5.74) is 3.11. The summed E-state index contributed by atoms with van der Waals surface area (Å²) in [7, 11) is 0. The molecule has 0 aliphatic carbocycles. The number of terminal acetylenes is 1. The van der Waals surface area contributed by atoms with Gasteiger partial charge < -0.3 is 4.74 Å². The molecule has 0 aromatic heterocycles. The van der Waals surface area contributed by atoms with Crippen LogP contribution in [-0.2, 0) is 0 Å². The van der Waals surface area contributed by atoms with E-state index in [-0.39, 0.29) is 6.61 Å². The molecule has 2 aromatic carbocycles. The fourth-order valence-corrected chi connectivity index (χ4v) is 2.20. The van der Waals surface area contributed by atoms with Crippen LogP contribution in [0.2, 0.25) is 0 Å². The molecule has 3 heteroatoms. The van der Waals surface area contributed by atoms with Crippen LogP contribution >= 0.6 is 15.9 Å². The second-order valence-electron chi connectivity index (χ2n) is 4.23. The fraction of sp³-hybridized carbons (Fsp3) is 0.118. The number of aryl methyl sites for hydroxylation is 1. The molecule has 2 rings (SSSR count). The second kappa shape index (κ2) is 6.93. The van der Waals surface area contributed by atoms with Crippen molar-refractivity contribution in [3.63, 3.8) is 0 Å². The Kier molecular flexibility index (Phi) is 4.97. The Hall–Kier alpha value is -2.05. The Morgan fingerprint density at radius 1 is 1.30 bits per heavy atom. The van der Waals surface area contributed by atoms with Crippen molar-refractivity contribution in [1.29, 1.82) is 0 Å². The van der Waals surface area contributed by atoms with Gasteiger partial charge in [-0.15, -0.1) is 6.42 Å². The number of aliphatic imine (C=N–C) groups is 1. The molecular weight excluding hydrogens is 314 g/mol. The highest BCUT2D eigenvalue weighted by molar-refractivity contribution is 9.10. The van der Waals surface area contributed by atoms with E-state index in [0.717, 1.165) is 27.0 Å². The molecule has 0 spiro atoms. The molecule has 0 saturated carbocycles. The number of hydrogen-bond acceptors (Lipinski definition) is 2. The largest absolute Gasteiger partial charge is 0.480 e. The van der Waals surface area contributed by atoms with E-state index in [0.29, 0.717) is 0 Å². The van der Waals surface area contributed by atoms with Gasteiger partial charge in [-0.05, 0) is 58.2 Å². The summed E-state index contributed by atoms with van der Waals surface area (Å²) >= 11 is 3.46. The first kappa shape index (κ1) is 14.4. The van der Waals surface area contributed by atoms with Crippen LogP contribution in [0, 0.1) is 19.3 Å². The van der Waals surface area contributed by atoms with Crippen LogP contribution in [0.1, 0.15) is 11.1 Å². The molecule has 0 radical (unpaired) electrons. The second-order valence-corrected chi connectivity index (χ2v) is 5.08. The summed E-state index contributed by atoms with van der Waals surface area (Å²) < 4.78 is 6.26. The van der Waals surface area contributed by atoms with Crippen LogP contribution in [-0.4, -0.2) is 12.8 Å². The molecule has 0 saturated heterocycles. The number of hydrogen-bond donors (Lipinski definition) is 0. The first-order valence-corrected chi connectivity index (χ1v) is 6.95. The summed E-state index contributed by atoms with van der Waals surface area (Å²) in [6.07, 6.45) is 7.00.